The number of halogens is 1. The zero-order chi connectivity index (χ0) is 7.40. The summed E-state index contributed by atoms with van der Waals surface area (Å²) in [6, 6.07) is 8.75. The molecule has 2 nitrogen and oxygen atoms in total. The quantitative estimate of drug-likeness (QED) is 0.530. The van der Waals surface area contributed by atoms with Crippen molar-refractivity contribution in [3.63, 3.8) is 0 Å². The molecule has 1 aromatic carbocycles. The number of rotatable bonds is 2. The molecular weight excluding hydrogens is 195 g/mol. The van der Waals surface area contributed by atoms with Crippen LogP contribution >= 0.6 is 10.7 Å². The average molecular weight is 201 g/mol. The Morgan fingerprint density at radius 1 is 1.27 bits per heavy atom. The van der Waals surface area contributed by atoms with Crippen molar-refractivity contribution in [1.82, 2.24) is 0 Å². The summed E-state index contributed by atoms with van der Waals surface area (Å²) in [7, 11) is 3.32. The van der Waals surface area contributed by atoms with Gasteiger partial charge in [-0.2, -0.15) is 4.21 Å². The summed E-state index contributed by atoms with van der Waals surface area (Å²) in [5.74, 6) is 0.510. The van der Waals surface area contributed by atoms with Gasteiger partial charge in [-0.05, 0) is 12.1 Å². The van der Waals surface area contributed by atoms with Gasteiger partial charge in [-0.15, -0.1) is 0 Å². The molecule has 1 aromatic rings. The van der Waals surface area contributed by atoms with Crippen molar-refractivity contribution in [3.05, 3.63) is 30.3 Å². The van der Waals surface area contributed by atoms with E-state index >= 15 is 0 Å². The number of hydrogen-bond acceptors (Lipinski definition) is 2. The molecule has 0 aliphatic heterocycles. The van der Waals surface area contributed by atoms with E-state index in [1.54, 1.807) is 24.3 Å². The van der Waals surface area contributed by atoms with Gasteiger partial charge in [-0.1, -0.05) is 18.2 Å². The van der Waals surface area contributed by atoms with Crippen molar-refractivity contribution in [2.24, 2.45) is 0 Å². The summed E-state index contributed by atoms with van der Waals surface area (Å²) in [6.45, 7) is 0. The summed E-state index contributed by atoms with van der Waals surface area (Å²) in [4.78, 5) is 0. The molecule has 56 valence electrons. The average Bonchev–Trinajstić information content (AvgIpc) is 1.88. The molecule has 0 spiro atoms. The van der Waals surface area contributed by atoms with Crippen LogP contribution in [0, 0.1) is 0 Å². The van der Waals surface area contributed by atoms with Gasteiger partial charge in [-0.3, -0.25) is 0 Å². The summed E-state index contributed by atoms with van der Waals surface area (Å²) in [5.41, 5.74) is 0. The molecule has 1 unspecified atom stereocenters. The summed E-state index contributed by atoms with van der Waals surface area (Å²) in [5, 5.41) is 0. The second-order valence-electron chi connectivity index (χ2n) is 1.59. The molecule has 0 radical (unpaired) electrons. The van der Waals surface area contributed by atoms with Gasteiger partial charge < -0.3 is 4.18 Å². The fraction of sp³-hybridized carbons (Fsp3) is 0. The minimum atomic E-state index is -1.74. The second kappa shape index (κ2) is 6.03. The van der Waals surface area contributed by atoms with E-state index in [0.29, 0.717) is 5.75 Å². The molecule has 0 heterocycles. The van der Waals surface area contributed by atoms with Crippen molar-refractivity contribution in [2.75, 3.05) is 0 Å². The van der Waals surface area contributed by atoms with E-state index in [0.717, 1.165) is 0 Å². The van der Waals surface area contributed by atoms with Gasteiger partial charge in [0.15, 0.2) is 0 Å². The normalized spacial score (nSPS) is 11.4. The number of para-hydroxylation sites is 1. The third-order valence-electron chi connectivity index (χ3n) is 0.905. The third-order valence-corrected chi connectivity index (χ3v) is 1.42. The van der Waals surface area contributed by atoms with E-state index in [1.807, 2.05) is 6.07 Å². The van der Waals surface area contributed by atoms with E-state index in [-0.39, 0.29) is 29.6 Å². The molecule has 0 fully saturated rings. The number of hydrogen-bond donors (Lipinski definition) is 0. The van der Waals surface area contributed by atoms with Crippen molar-refractivity contribution >= 4 is 50.5 Å². The van der Waals surface area contributed by atoms with Crippen LogP contribution in [0.25, 0.3) is 0 Å². The first-order valence-electron chi connectivity index (χ1n) is 2.60. The minimum absolute atomic E-state index is 0. The molecule has 0 aliphatic rings. The van der Waals surface area contributed by atoms with Crippen LogP contribution in [0.2, 0.25) is 0 Å². The van der Waals surface area contributed by atoms with Crippen LogP contribution in [-0.4, -0.2) is 33.8 Å². The van der Waals surface area contributed by atoms with Gasteiger partial charge in [-0.25, -0.2) is 0 Å². The molecule has 0 saturated heterocycles. The fourth-order valence-electron chi connectivity index (χ4n) is 0.552. The molecular formula is C6H6ClNaO2S. The predicted molar refractivity (Wildman–Crippen MR) is 48.2 cm³/mol. The van der Waals surface area contributed by atoms with E-state index in [2.05, 4.69) is 4.18 Å². The topological polar surface area (TPSA) is 26.3 Å². The zero-order valence-corrected chi connectivity index (χ0v) is 6.56. The Hall–Kier alpha value is 0.460. The Labute approximate surface area is 94.3 Å². The van der Waals surface area contributed by atoms with Crippen molar-refractivity contribution < 1.29 is 8.39 Å². The molecule has 11 heavy (non-hydrogen) atoms. The fourth-order valence-corrected chi connectivity index (χ4v) is 1.03. The van der Waals surface area contributed by atoms with Crippen LogP contribution in [0.15, 0.2) is 30.3 Å². The second-order valence-corrected chi connectivity index (χ2v) is 2.90. The van der Waals surface area contributed by atoms with Crippen molar-refractivity contribution in [2.45, 2.75) is 0 Å². The molecule has 5 heteroatoms. The van der Waals surface area contributed by atoms with Gasteiger partial charge in [0.25, 0.3) is 0 Å². The first-order chi connectivity index (χ1) is 4.79. The Morgan fingerprint density at radius 3 is 2.27 bits per heavy atom. The maximum atomic E-state index is 10.3. The van der Waals surface area contributed by atoms with Gasteiger partial charge in [0.1, 0.15) is 5.75 Å². The van der Waals surface area contributed by atoms with Crippen LogP contribution in [0.5, 0.6) is 5.75 Å². The van der Waals surface area contributed by atoms with Crippen LogP contribution in [0.4, 0.5) is 0 Å². The Kier molecular flexibility index (Phi) is 6.28. The third kappa shape index (κ3) is 4.82. The molecule has 0 aromatic heterocycles. The van der Waals surface area contributed by atoms with Crippen LogP contribution < -0.4 is 4.18 Å². The van der Waals surface area contributed by atoms with Crippen LogP contribution in [-0.2, 0) is 10.3 Å². The Balaban J connectivity index is 0.000001000. The first kappa shape index (κ1) is 11.5. The van der Waals surface area contributed by atoms with Crippen LogP contribution in [0.1, 0.15) is 0 Å². The summed E-state index contributed by atoms with van der Waals surface area (Å²) >= 11 is 0. The van der Waals surface area contributed by atoms with Gasteiger partial charge in [0, 0.05) is 10.7 Å². The van der Waals surface area contributed by atoms with E-state index in [9.17, 15) is 4.21 Å². The maximum absolute atomic E-state index is 10.3. The van der Waals surface area contributed by atoms with Crippen molar-refractivity contribution in [1.29, 1.82) is 0 Å². The Bertz CT molecular complexity index is 229. The van der Waals surface area contributed by atoms with Crippen LogP contribution in [0.3, 0.4) is 0 Å². The molecule has 0 aliphatic carbocycles. The van der Waals surface area contributed by atoms with E-state index < -0.39 is 10.3 Å². The standard InChI is InChI=1S/C6H5ClO2S.Na.H/c7-10(8)9-6-4-2-1-3-5-6;;/h1-5H;;. The molecule has 0 saturated carbocycles. The monoisotopic (exact) mass is 200 g/mol. The van der Waals surface area contributed by atoms with Gasteiger partial charge in [0.05, 0.1) is 0 Å². The predicted octanol–water partition coefficient (Wildman–Crippen LogP) is 1.23. The van der Waals surface area contributed by atoms with Gasteiger partial charge in [0.2, 0.25) is 0 Å². The molecule has 0 N–H and O–H groups in total. The first-order valence-corrected chi connectivity index (χ1v) is 4.50. The SMILES string of the molecule is O=S(Cl)Oc1ccccc1.[NaH]. The summed E-state index contributed by atoms with van der Waals surface area (Å²) < 4.78 is 14.9. The molecule has 0 bridgehead atoms. The number of benzene rings is 1. The van der Waals surface area contributed by atoms with Crippen molar-refractivity contribution in [3.8, 4) is 5.75 Å². The Morgan fingerprint density at radius 2 is 1.82 bits per heavy atom. The van der Waals surface area contributed by atoms with E-state index in [1.165, 1.54) is 0 Å². The van der Waals surface area contributed by atoms with E-state index in [4.69, 9.17) is 10.7 Å². The molecule has 1 rings (SSSR count). The summed E-state index contributed by atoms with van der Waals surface area (Å²) in [6.07, 6.45) is 0. The zero-order valence-electron chi connectivity index (χ0n) is 4.99. The molecule has 0 amide bonds. The molecule has 1 atom stereocenters. The van der Waals surface area contributed by atoms with Gasteiger partial charge >= 0.3 is 39.9 Å².